The molecule has 8 aromatic rings. The second-order valence-electron chi connectivity index (χ2n) is 13.2. The molecule has 0 unspecified atom stereocenters. The summed E-state index contributed by atoms with van der Waals surface area (Å²) in [5, 5.41) is 10.5. The molecule has 0 amide bonds. The van der Waals surface area contributed by atoms with Gasteiger partial charge in [0.25, 0.3) is 0 Å². The third kappa shape index (κ3) is 4.24. The van der Waals surface area contributed by atoms with Crippen LogP contribution in [0.4, 0.5) is 0 Å². The van der Waals surface area contributed by atoms with Gasteiger partial charge in [0.2, 0.25) is 0 Å². The lowest BCUT2D eigenvalue weighted by Crippen LogP contribution is -2.25. The maximum absolute atomic E-state index is 10.5. The van der Waals surface area contributed by atoms with E-state index >= 15 is 0 Å². The smallest absolute Gasteiger partial charge is 0.160 e. The molecule has 2 aliphatic carbocycles. The maximum Gasteiger partial charge on any atom is 0.160 e. The van der Waals surface area contributed by atoms with Gasteiger partial charge in [0.1, 0.15) is 0 Å². The first-order valence-electron chi connectivity index (χ1n) is 17.2. The molecule has 0 saturated heterocycles. The van der Waals surface area contributed by atoms with Gasteiger partial charge in [-0.15, -0.1) is 0 Å². The van der Waals surface area contributed by atoms with Crippen molar-refractivity contribution in [2.75, 3.05) is 0 Å². The van der Waals surface area contributed by atoms with Crippen molar-refractivity contribution in [2.45, 2.75) is 5.41 Å². The van der Waals surface area contributed by atoms with Gasteiger partial charge in [0.05, 0.1) is 28.4 Å². The van der Waals surface area contributed by atoms with E-state index in [0.717, 1.165) is 50.3 Å². The number of nitriles is 1. The first-order chi connectivity index (χ1) is 25.3. The minimum absolute atomic E-state index is 0.511. The van der Waals surface area contributed by atoms with Crippen molar-refractivity contribution < 1.29 is 0 Å². The second-order valence-corrected chi connectivity index (χ2v) is 13.2. The number of hydrogen-bond acceptors (Lipinski definition) is 3. The van der Waals surface area contributed by atoms with Crippen LogP contribution in [0.15, 0.2) is 176 Å². The van der Waals surface area contributed by atoms with Crippen LogP contribution >= 0.6 is 0 Å². The zero-order chi connectivity index (χ0) is 33.9. The van der Waals surface area contributed by atoms with Crippen molar-refractivity contribution in [1.82, 2.24) is 9.97 Å². The van der Waals surface area contributed by atoms with E-state index in [9.17, 15) is 5.26 Å². The van der Waals surface area contributed by atoms with E-state index in [0.29, 0.717) is 11.4 Å². The van der Waals surface area contributed by atoms with Crippen LogP contribution in [0.2, 0.25) is 0 Å². The molecule has 0 aliphatic heterocycles. The third-order valence-corrected chi connectivity index (χ3v) is 10.6. The van der Waals surface area contributed by atoms with Crippen molar-refractivity contribution in [3.8, 4) is 73.4 Å². The molecule has 0 atom stereocenters. The third-order valence-electron chi connectivity index (χ3n) is 10.6. The Hall–Kier alpha value is -6.89. The van der Waals surface area contributed by atoms with Gasteiger partial charge in [-0.3, -0.25) is 0 Å². The van der Waals surface area contributed by atoms with Gasteiger partial charge in [-0.1, -0.05) is 164 Å². The predicted molar refractivity (Wildman–Crippen MR) is 205 cm³/mol. The molecule has 3 heteroatoms. The fourth-order valence-electron chi connectivity index (χ4n) is 8.45. The van der Waals surface area contributed by atoms with Gasteiger partial charge in [0, 0.05) is 22.3 Å². The lowest BCUT2D eigenvalue weighted by Gasteiger charge is -2.30. The van der Waals surface area contributed by atoms with Gasteiger partial charge in [-0.05, 0) is 62.2 Å². The predicted octanol–water partition coefficient (Wildman–Crippen LogP) is 11.4. The number of rotatable bonds is 4. The summed E-state index contributed by atoms with van der Waals surface area (Å²) in [5.41, 5.74) is 16.7. The number of benzene rings is 7. The largest absolute Gasteiger partial charge is 0.228 e. The molecule has 51 heavy (non-hydrogen) atoms. The molecule has 7 aromatic carbocycles. The van der Waals surface area contributed by atoms with Gasteiger partial charge in [-0.25, -0.2) is 9.97 Å². The summed E-state index contributed by atoms with van der Waals surface area (Å²) in [6, 6.07) is 64.1. The summed E-state index contributed by atoms with van der Waals surface area (Å²) in [7, 11) is 0. The zero-order valence-electron chi connectivity index (χ0n) is 27.6. The highest BCUT2D eigenvalue weighted by molar-refractivity contribution is 6.01. The van der Waals surface area contributed by atoms with E-state index in [1.165, 1.54) is 33.4 Å². The second kappa shape index (κ2) is 11.3. The average Bonchev–Trinajstić information content (AvgIpc) is 3.69. The number of fused-ring (bicyclic) bond motifs is 10. The topological polar surface area (TPSA) is 49.6 Å². The summed E-state index contributed by atoms with van der Waals surface area (Å²) in [4.78, 5) is 10.0. The Bertz CT molecular complexity index is 2580. The Balaban J connectivity index is 1.16. The molecule has 1 heterocycles. The monoisotopic (exact) mass is 647 g/mol. The first kappa shape index (κ1) is 29.1. The highest BCUT2D eigenvalue weighted by Crippen LogP contribution is 2.64. The Kier molecular flexibility index (Phi) is 6.46. The van der Waals surface area contributed by atoms with E-state index in [1.54, 1.807) is 0 Å². The standard InChI is InChI=1S/C48H29N3/c49-30-35-17-11-23-41-45(35)46-36(20-12-24-42(46)48(41)39-21-9-7-18-37(39)38-19-8-10-22-40(38)48)31-25-27-33(28-26-31)44-29-43(32-13-3-1-4-14-32)50-47(51-44)34-15-5-2-6-16-34/h1-29H. The number of hydrogen-bond donors (Lipinski definition) is 0. The molecule has 2 aliphatic rings. The van der Waals surface area contributed by atoms with Gasteiger partial charge < -0.3 is 0 Å². The fraction of sp³-hybridized carbons (Fsp3) is 0.0208. The van der Waals surface area contributed by atoms with Gasteiger partial charge in [0.15, 0.2) is 5.82 Å². The molecule has 0 N–H and O–H groups in total. The van der Waals surface area contributed by atoms with Crippen molar-refractivity contribution in [3.05, 3.63) is 204 Å². The molecule has 1 aromatic heterocycles. The normalized spacial score (nSPS) is 12.8. The lowest BCUT2D eigenvalue weighted by atomic mass is 9.70. The first-order valence-corrected chi connectivity index (χ1v) is 17.2. The van der Waals surface area contributed by atoms with Crippen LogP contribution in [0.1, 0.15) is 27.8 Å². The van der Waals surface area contributed by atoms with Crippen LogP contribution in [-0.4, -0.2) is 9.97 Å². The molecule has 0 radical (unpaired) electrons. The van der Waals surface area contributed by atoms with Crippen molar-refractivity contribution in [3.63, 3.8) is 0 Å². The summed E-state index contributed by atoms with van der Waals surface area (Å²) < 4.78 is 0. The molecule has 1 spiro atoms. The van der Waals surface area contributed by atoms with E-state index in [1.807, 2.05) is 60.7 Å². The number of nitrogens with zero attached hydrogens (tertiary/aromatic N) is 3. The van der Waals surface area contributed by atoms with E-state index in [2.05, 4.69) is 121 Å². The average molecular weight is 648 g/mol. The van der Waals surface area contributed by atoms with E-state index in [4.69, 9.17) is 9.97 Å². The maximum atomic E-state index is 10.5. The van der Waals surface area contributed by atoms with Crippen LogP contribution in [0.3, 0.4) is 0 Å². The SMILES string of the molecule is N#Cc1cccc2c1-c1c(-c3ccc(-c4cc(-c5ccccc5)nc(-c5ccccc5)n4)cc3)cccc1C21c2ccccc2-c2ccccc21. The van der Waals surface area contributed by atoms with Crippen LogP contribution < -0.4 is 0 Å². The Morgan fingerprint density at radius 1 is 0.392 bits per heavy atom. The lowest BCUT2D eigenvalue weighted by molar-refractivity contribution is 0.793. The summed E-state index contributed by atoms with van der Waals surface area (Å²) in [6.07, 6.45) is 0. The van der Waals surface area contributed by atoms with Crippen molar-refractivity contribution in [2.24, 2.45) is 0 Å². The van der Waals surface area contributed by atoms with Crippen LogP contribution in [0, 0.1) is 11.3 Å². The Labute approximate surface area is 296 Å². The summed E-state index contributed by atoms with van der Waals surface area (Å²) in [6.45, 7) is 0. The van der Waals surface area contributed by atoms with Gasteiger partial charge in [-0.2, -0.15) is 5.26 Å². The van der Waals surface area contributed by atoms with Crippen LogP contribution in [0.5, 0.6) is 0 Å². The molecule has 0 bridgehead atoms. The summed E-state index contributed by atoms with van der Waals surface area (Å²) in [5.74, 6) is 0.694. The van der Waals surface area contributed by atoms with Crippen molar-refractivity contribution in [1.29, 1.82) is 5.26 Å². The molecular formula is C48H29N3. The van der Waals surface area contributed by atoms with E-state index < -0.39 is 5.41 Å². The highest BCUT2D eigenvalue weighted by atomic mass is 14.9. The van der Waals surface area contributed by atoms with E-state index in [-0.39, 0.29) is 0 Å². The van der Waals surface area contributed by atoms with Crippen LogP contribution in [0.25, 0.3) is 67.3 Å². The minimum atomic E-state index is -0.511. The quantitative estimate of drug-likeness (QED) is 0.191. The Morgan fingerprint density at radius 3 is 1.49 bits per heavy atom. The van der Waals surface area contributed by atoms with Gasteiger partial charge >= 0.3 is 0 Å². The molecule has 10 rings (SSSR count). The summed E-state index contributed by atoms with van der Waals surface area (Å²) >= 11 is 0. The molecule has 0 fully saturated rings. The molecule has 3 nitrogen and oxygen atoms in total. The minimum Gasteiger partial charge on any atom is -0.228 e. The zero-order valence-corrected chi connectivity index (χ0v) is 27.6. The highest BCUT2D eigenvalue weighted by Gasteiger charge is 2.52. The molecule has 236 valence electrons. The number of aromatic nitrogens is 2. The van der Waals surface area contributed by atoms with Crippen molar-refractivity contribution >= 4 is 0 Å². The molecule has 0 saturated carbocycles. The fourth-order valence-corrected chi connectivity index (χ4v) is 8.45. The molecular weight excluding hydrogens is 619 g/mol. The van der Waals surface area contributed by atoms with Crippen LogP contribution in [-0.2, 0) is 5.41 Å². The Morgan fingerprint density at radius 2 is 0.863 bits per heavy atom.